The molecular formula is C16H24N2O2. The number of nitrogens with two attached hydrogens (primary N) is 1. The van der Waals surface area contributed by atoms with Gasteiger partial charge in [0, 0.05) is 12.0 Å². The van der Waals surface area contributed by atoms with Gasteiger partial charge in [0.1, 0.15) is 5.75 Å². The number of ether oxygens (including phenoxy) is 1. The molecule has 3 N–H and O–H groups in total. The number of amides is 1. The molecule has 1 aliphatic carbocycles. The molecule has 0 spiro atoms. The molecule has 1 fully saturated rings. The standard InChI is InChI=1S/C16H24N2O2/c1-10(11(2)17)16(19)18-15(12-4-5-12)13-6-8-14(20-3)9-7-13/h6-12,15H,4-5,17H2,1-3H3,(H,18,19). The van der Waals surface area contributed by atoms with Crippen LogP contribution in [0.4, 0.5) is 0 Å². The Labute approximate surface area is 120 Å². The minimum atomic E-state index is -0.172. The second kappa shape index (κ2) is 6.27. The third-order valence-corrected chi connectivity index (χ3v) is 4.07. The van der Waals surface area contributed by atoms with Crippen molar-refractivity contribution in [1.82, 2.24) is 5.32 Å². The van der Waals surface area contributed by atoms with Crippen LogP contribution in [0.25, 0.3) is 0 Å². The van der Waals surface area contributed by atoms with E-state index in [1.165, 1.54) is 12.8 Å². The van der Waals surface area contributed by atoms with Crippen molar-refractivity contribution in [3.63, 3.8) is 0 Å². The summed E-state index contributed by atoms with van der Waals surface area (Å²) < 4.78 is 5.17. The largest absolute Gasteiger partial charge is 0.497 e. The Kier molecular flexibility index (Phi) is 4.65. The second-order valence-corrected chi connectivity index (χ2v) is 5.74. The molecule has 0 radical (unpaired) electrons. The summed E-state index contributed by atoms with van der Waals surface area (Å²) >= 11 is 0. The molecule has 0 heterocycles. The lowest BCUT2D eigenvalue weighted by Gasteiger charge is -2.23. The molecule has 1 aliphatic rings. The molecule has 110 valence electrons. The molecule has 0 aromatic heterocycles. The zero-order valence-electron chi connectivity index (χ0n) is 12.4. The normalized spacial score (nSPS) is 19.0. The Bertz CT molecular complexity index is 452. The number of hydrogen-bond acceptors (Lipinski definition) is 3. The van der Waals surface area contributed by atoms with Crippen LogP contribution in [0.1, 0.15) is 38.3 Å². The molecule has 0 aliphatic heterocycles. The van der Waals surface area contributed by atoms with Gasteiger partial charge in [-0.05, 0) is 43.4 Å². The molecule has 1 amide bonds. The third-order valence-electron chi connectivity index (χ3n) is 4.07. The molecule has 20 heavy (non-hydrogen) atoms. The van der Waals surface area contributed by atoms with Crippen molar-refractivity contribution < 1.29 is 9.53 Å². The van der Waals surface area contributed by atoms with Crippen molar-refractivity contribution in [1.29, 1.82) is 0 Å². The Balaban J connectivity index is 2.08. The van der Waals surface area contributed by atoms with Crippen LogP contribution in [0.3, 0.4) is 0 Å². The third kappa shape index (κ3) is 3.51. The summed E-state index contributed by atoms with van der Waals surface area (Å²) in [5, 5.41) is 3.15. The topological polar surface area (TPSA) is 64.3 Å². The van der Waals surface area contributed by atoms with Gasteiger partial charge in [0.2, 0.25) is 5.91 Å². The second-order valence-electron chi connectivity index (χ2n) is 5.74. The predicted molar refractivity (Wildman–Crippen MR) is 79.4 cm³/mol. The summed E-state index contributed by atoms with van der Waals surface area (Å²) in [6.07, 6.45) is 2.34. The number of rotatable bonds is 6. The maximum absolute atomic E-state index is 12.2. The number of benzene rings is 1. The highest BCUT2D eigenvalue weighted by atomic mass is 16.5. The van der Waals surface area contributed by atoms with Gasteiger partial charge in [-0.2, -0.15) is 0 Å². The number of methoxy groups -OCH3 is 1. The van der Waals surface area contributed by atoms with Crippen LogP contribution in [0.15, 0.2) is 24.3 Å². The first-order chi connectivity index (χ1) is 9.52. The van der Waals surface area contributed by atoms with Crippen LogP contribution >= 0.6 is 0 Å². The van der Waals surface area contributed by atoms with E-state index in [-0.39, 0.29) is 23.9 Å². The van der Waals surface area contributed by atoms with Crippen molar-refractivity contribution in [2.24, 2.45) is 17.6 Å². The minimum Gasteiger partial charge on any atom is -0.497 e. The first-order valence-corrected chi connectivity index (χ1v) is 7.23. The van der Waals surface area contributed by atoms with Gasteiger partial charge >= 0.3 is 0 Å². The van der Waals surface area contributed by atoms with Gasteiger partial charge in [-0.3, -0.25) is 4.79 Å². The van der Waals surface area contributed by atoms with Crippen molar-refractivity contribution in [2.75, 3.05) is 7.11 Å². The SMILES string of the molecule is COc1ccc(C(NC(=O)C(C)C(C)N)C2CC2)cc1. The fraction of sp³-hybridized carbons (Fsp3) is 0.562. The van der Waals surface area contributed by atoms with E-state index in [0.29, 0.717) is 5.92 Å². The average molecular weight is 276 g/mol. The molecule has 1 aromatic rings. The van der Waals surface area contributed by atoms with Crippen LogP contribution in [-0.2, 0) is 4.79 Å². The summed E-state index contributed by atoms with van der Waals surface area (Å²) in [6.45, 7) is 3.74. The van der Waals surface area contributed by atoms with E-state index in [0.717, 1.165) is 11.3 Å². The lowest BCUT2D eigenvalue weighted by atomic mass is 9.99. The lowest BCUT2D eigenvalue weighted by Crippen LogP contribution is -2.40. The highest BCUT2D eigenvalue weighted by Gasteiger charge is 2.34. The molecule has 3 atom stereocenters. The number of nitrogens with one attached hydrogen (secondary N) is 1. The van der Waals surface area contributed by atoms with Crippen molar-refractivity contribution in [3.8, 4) is 5.75 Å². The van der Waals surface area contributed by atoms with Crippen molar-refractivity contribution >= 4 is 5.91 Å². The predicted octanol–water partition coefficient (Wildman–Crippen LogP) is 2.25. The summed E-state index contributed by atoms with van der Waals surface area (Å²) in [5.74, 6) is 1.24. The van der Waals surface area contributed by atoms with E-state index >= 15 is 0 Å². The zero-order valence-corrected chi connectivity index (χ0v) is 12.4. The van der Waals surface area contributed by atoms with Gasteiger partial charge in [-0.15, -0.1) is 0 Å². The molecule has 0 saturated heterocycles. The van der Waals surface area contributed by atoms with Crippen LogP contribution < -0.4 is 15.8 Å². The van der Waals surface area contributed by atoms with Crippen molar-refractivity contribution in [2.45, 2.75) is 38.8 Å². The minimum absolute atomic E-state index is 0.0349. The Morgan fingerprint density at radius 3 is 2.35 bits per heavy atom. The van der Waals surface area contributed by atoms with Gasteiger partial charge < -0.3 is 15.8 Å². The number of hydrogen-bond donors (Lipinski definition) is 2. The van der Waals surface area contributed by atoms with E-state index in [4.69, 9.17) is 10.5 Å². The molecule has 0 bridgehead atoms. The van der Waals surface area contributed by atoms with E-state index < -0.39 is 0 Å². The van der Waals surface area contributed by atoms with Gasteiger partial charge in [0.25, 0.3) is 0 Å². The maximum Gasteiger partial charge on any atom is 0.224 e. The summed E-state index contributed by atoms with van der Waals surface area (Å²) in [5.41, 5.74) is 6.94. The Hall–Kier alpha value is -1.55. The average Bonchev–Trinajstić information content (AvgIpc) is 3.28. The van der Waals surface area contributed by atoms with Gasteiger partial charge in [0.15, 0.2) is 0 Å². The fourth-order valence-corrected chi connectivity index (χ4v) is 2.24. The summed E-state index contributed by atoms with van der Waals surface area (Å²) in [7, 11) is 1.65. The van der Waals surface area contributed by atoms with Crippen LogP contribution in [-0.4, -0.2) is 19.1 Å². The number of carbonyl (C=O) groups is 1. The summed E-state index contributed by atoms with van der Waals surface area (Å²) in [6, 6.07) is 7.88. The highest BCUT2D eigenvalue weighted by Crippen LogP contribution is 2.41. The first kappa shape index (κ1) is 14.9. The molecule has 2 rings (SSSR count). The van der Waals surface area contributed by atoms with Crippen molar-refractivity contribution in [3.05, 3.63) is 29.8 Å². The molecule has 4 nitrogen and oxygen atoms in total. The van der Waals surface area contributed by atoms with E-state index in [1.807, 2.05) is 38.1 Å². The Morgan fingerprint density at radius 2 is 1.90 bits per heavy atom. The first-order valence-electron chi connectivity index (χ1n) is 7.23. The highest BCUT2D eigenvalue weighted by molar-refractivity contribution is 5.79. The van der Waals surface area contributed by atoms with Gasteiger partial charge in [-0.1, -0.05) is 19.1 Å². The van der Waals surface area contributed by atoms with Crippen LogP contribution in [0.5, 0.6) is 5.75 Å². The van der Waals surface area contributed by atoms with E-state index in [1.54, 1.807) is 7.11 Å². The molecule has 1 saturated carbocycles. The smallest absolute Gasteiger partial charge is 0.224 e. The summed E-state index contributed by atoms with van der Waals surface area (Å²) in [4.78, 5) is 12.2. The Morgan fingerprint density at radius 1 is 1.30 bits per heavy atom. The molecule has 1 aromatic carbocycles. The molecular weight excluding hydrogens is 252 g/mol. The van der Waals surface area contributed by atoms with Gasteiger partial charge in [-0.25, -0.2) is 0 Å². The van der Waals surface area contributed by atoms with E-state index in [9.17, 15) is 4.79 Å². The molecule has 3 unspecified atom stereocenters. The number of carbonyl (C=O) groups excluding carboxylic acids is 1. The maximum atomic E-state index is 12.2. The lowest BCUT2D eigenvalue weighted by molar-refractivity contribution is -0.125. The van der Waals surface area contributed by atoms with Gasteiger partial charge in [0.05, 0.1) is 13.2 Å². The monoisotopic (exact) mass is 276 g/mol. The van der Waals surface area contributed by atoms with E-state index in [2.05, 4.69) is 5.32 Å². The van der Waals surface area contributed by atoms with Crippen LogP contribution in [0, 0.1) is 11.8 Å². The van der Waals surface area contributed by atoms with Crippen LogP contribution in [0.2, 0.25) is 0 Å². The molecule has 4 heteroatoms. The zero-order chi connectivity index (χ0) is 14.7. The fourth-order valence-electron chi connectivity index (χ4n) is 2.24. The quantitative estimate of drug-likeness (QED) is 0.837.